The molecule has 26 heavy (non-hydrogen) atoms. The predicted octanol–water partition coefficient (Wildman–Crippen LogP) is 5.65. The number of ether oxygens (including phenoxy) is 2. The zero-order valence-electron chi connectivity index (χ0n) is 15.2. The highest BCUT2D eigenvalue weighted by molar-refractivity contribution is 5.78. The Bertz CT molecular complexity index is 638. The second-order valence-corrected chi connectivity index (χ2v) is 6.10. The second-order valence-electron chi connectivity index (χ2n) is 6.10. The van der Waals surface area contributed by atoms with E-state index in [9.17, 15) is 4.79 Å². The zero-order chi connectivity index (χ0) is 18.6. The number of benzene rings is 2. The third kappa shape index (κ3) is 6.98. The SMILES string of the molecule is C=COc1ccc(CCCC(=O)CCCc2ccc(OC=C)cc2)cc1. The minimum Gasteiger partial charge on any atom is -0.466 e. The van der Waals surface area contributed by atoms with Crippen molar-refractivity contribution in [2.75, 3.05) is 0 Å². The lowest BCUT2D eigenvalue weighted by Crippen LogP contribution is -2.00. The molecule has 0 saturated heterocycles. The molecule has 0 heterocycles. The molecule has 0 aromatic heterocycles. The summed E-state index contributed by atoms with van der Waals surface area (Å²) >= 11 is 0. The van der Waals surface area contributed by atoms with Gasteiger partial charge in [-0.15, -0.1) is 0 Å². The molecule has 0 amide bonds. The van der Waals surface area contributed by atoms with Crippen molar-refractivity contribution in [1.29, 1.82) is 0 Å². The summed E-state index contributed by atoms with van der Waals surface area (Å²) in [7, 11) is 0. The van der Waals surface area contributed by atoms with Crippen LogP contribution in [0.3, 0.4) is 0 Å². The summed E-state index contributed by atoms with van der Waals surface area (Å²) in [6, 6.07) is 15.8. The van der Waals surface area contributed by atoms with Crippen molar-refractivity contribution in [3.8, 4) is 11.5 Å². The number of aryl methyl sites for hydroxylation is 2. The van der Waals surface area contributed by atoms with E-state index in [1.54, 1.807) is 0 Å². The van der Waals surface area contributed by atoms with Gasteiger partial charge in [0.05, 0.1) is 12.5 Å². The van der Waals surface area contributed by atoms with Crippen LogP contribution in [0.25, 0.3) is 0 Å². The van der Waals surface area contributed by atoms with E-state index in [2.05, 4.69) is 13.2 Å². The Kier molecular flexibility index (Phi) is 8.20. The first kappa shape index (κ1) is 19.5. The summed E-state index contributed by atoms with van der Waals surface area (Å²) in [5.41, 5.74) is 2.44. The van der Waals surface area contributed by atoms with E-state index in [1.165, 1.54) is 23.7 Å². The van der Waals surface area contributed by atoms with E-state index < -0.39 is 0 Å². The molecule has 0 fully saturated rings. The van der Waals surface area contributed by atoms with Crippen molar-refractivity contribution in [2.45, 2.75) is 38.5 Å². The van der Waals surface area contributed by atoms with Crippen LogP contribution in [0.2, 0.25) is 0 Å². The third-order valence-electron chi connectivity index (χ3n) is 4.13. The van der Waals surface area contributed by atoms with E-state index in [4.69, 9.17) is 9.47 Å². The van der Waals surface area contributed by atoms with Gasteiger partial charge in [-0.25, -0.2) is 0 Å². The number of hydrogen-bond donors (Lipinski definition) is 0. The van der Waals surface area contributed by atoms with Crippen molar-refractivity contribution < 1.29 is 14.3 Å². The first-order valence-corrected chi connectivity index (χ1v) is 8.96. The standard InChI is InChI=1S/C23H26O3/c1-3-25-22-15-11-19(12-16-22)7-5-9-21(24)10-6-8-20-13-17-23(18-14-20)26-4-2/h3-4,11-18H,1-2,5-10H2. The van der Waals surface area contributed by atoms with Crippen molar-refractivity contribution in [2.24, 2.45) is 0 Å². The summed E-state index contributed by atoms with van der Waals surface area (Å²) in [5.74, 6) is 1.90. The summed E-state index contributed by atoms with van der Waals surface area (Å²) in [6.07, 6.45) is 7.68. The highest BCUT2D eigenvalue weighted by Crippen LogP contribution is 2.16. The van der Waals surface area contributed by atoms with Gasteiger partial charge < -0.3 is 9.47 Å². The molecule has 0 spiro atoms. The number of Topliss-reactive ketones (excluding diaryl/α,β-unsaturated/α-hetero) is 1. The van der Waals surface area contributed by atoms with Gasteiger partial charge in [0, 0.05) is 12.8 Å². The van der Waals surface area contributed by atoms with Gasteiger partial charge in [-0.3, -0.25) is 4.79 Å². The first-order chi connectivity index (χ1) is 12.7. The van der Waals surface area contributed by atoms with Gasteiger partial charge in [-0.05, 0) is 61.1 Å². The van der Waals surface area contributed by atoms with Crippen molar-refractivity contribution in [3.63, 3.8) is 0 Å². The predicted molar refractivity (Wildman–Crippen MR) is 105 cm³/mol. The molecule has 0 unspecified atom stereocenters. The highest BCUT2D eigenvalue weighted by Gasteiger charge is 2.04. The fourth-order valence-corrected chi connectivity index (χ4v) is 2.77. The zero-order valence-corrected chi connectivity index (χ0v) is 15.2. The molecular weight excluding hydrogens is 324 g/mol. The molecule has 0 aliphatic carbocycles. The monoisotopic (exact) mass is 350 g/mol. The van der Waals surface area contributed by atoms with Crippen LogP contribution in [0.5, 0.6) is 11.5 Å². The molecular formula is C23H26O3. The molecule has 136 valence electrons. The van der Waals surface area contributed by atoms with E-state index in [1.807, 2.05) is 48.5 Å². The van der Waals surface area contributed by atoms with Gasteiger partial charge >= 0.3 is 0 Å². The van der Waals surface area contributed by atoms with Crippen molar-refractivity contribution in [3.05, 3.63) is 85.3 Å². The maximum Gasteiger partial charge on any atom is 0.132 e. The van der Waals surface area contributed by atoms with Gasteiger partial charge in [0.25, 0.3) is 0 Å². The first-order valence-electron chi connectivity index (χ1n) is 8.96. The number of carbonyl (C=O) groups excluding carboxylic acids is 1. The number of carbonyl (C=O) groups is 1. The molecule has 0 aliphatic heterocycles. The van der Waals surface area contributed by atoms with Crippen LogP contribution < -0.4 is 9.47 Å². The molecule has 0 aliphatic rings. The minimum absolute atomic E-state index is 0.336. The van der Waals surface area contributed by atoms with Crippen LogP contribution >= 0.6 is 0 Å². The molecule has 3 nitrogen and oxygen atoms in total. The topological polar surface area (TPSA) is 35.5 Å². The Morgan fingerprint density at radius 3 is 1.46 bits per heavy atom. The maximum atomic E-state index is 12.0. The smallest absolute Gasteiger partial charge is 0.132 e. The summed E-state index contributed by atoms with van der Waals surface area (Å²) in [6.45, 7) is 7.07. The van der Waals surface area contributed by atoms with Gasteiger partial charge in [0.15, 0.2) is 0 Å². The normalized spacial score (nSPS) is 10.2. The van der Waals surface area contributed by atoms with Gasteiger partial charge in [-0.1, -0.05) is 37.4 Å². The largest absolute Gasteiger partial charge is 0.466 e. The lowest BCUT2D eigenvalue weighted by Gasteiger charge is -2.05. The fraction of sp³-hybridized carbons (Fsp3) is 0.261. The van der Waals surface area contributed by atoms with Gasteiger partial charge in [0.1, 0.15) is 17.3 Å². The van der Waals surface area contributed by atoms with Crippen LogP contribution in [0, 0.1) is 0 Å². The Morgan fingerprint density at radius 1 is 0.731 bits per heavy atom. The Morgan fingerprint density at radius 2 is 1.12 bits per heavy atom. The molecule has 2 aromatic rings. The van der Waals surface area contributed by atoms with Crippen LogP contribution in [0.15, 0.2) is 74.2 Å². The third-order valence-corrected chi connectivity index (χ3v) is 4.13. The summed E-state index contributed by atoms with van der Waals surface area (Å²) < 4.78 is 10.4. The lowest BCUT2D eigenvalue weighted by molar-refractivity contribution is -0.119. The molecule has 0 radical (unpaired) electrons. The molecule has 3 heteroatoms. The van der Waals surface area contributed by atoms with Gasteiger partial charge in [-0.2, -0.15) is 0 Å². The number of hydrogen-bond acceptors (Lipinski definition) is 3. The van der Waals surface area contributed by atoms with Gasteiger partial charge in [0.2, 0.25) is 0 Å². The van der Waals surface area contributed by atoms with E-state index in [0.717, 1.165) is 37.2 Å². The van der Waals surface area contributed by atoms with Crippen molar-refractivity contribution in [1.82, 2.24) is 0 Å². The van der Waals surface area contributed by atoms with Crippen LogP contribution in [-0.2, 0) is 17.6 Å². The molecule has 0 bridgehead atoms. The minimum atomic E-state index is 0.336. The average Bonchev–Trinajstić information content (AvgIpc) is 2.65. The van der Waals surface area contributed by atoms with Crippen LogP contribution in [-0.4, -0.2) is 5.78 Å². The maximum absolute atomic E-state index is 12.0. The molecule has 0 atom stereocenters. The fourth-order valence-electron chi connectivity index (χ4n) is 2.77. The van der Waals surface area contributed by atoms with E-state index >= 15 is 0 Å². The summed E-state index contributed by atoms with van der Waals surface area (Å²) in [5, 5.41) is 0. The Labute approximate surface area is 156 Å². The highest BCUT2D eigenvalue weighted by atomic mass is 16.5. The Hall–Kier alpha value is -2.81. The number of ketones is 1. The summed E-state index contributed by atoms with van der Waals surface area (Å²) in [4.78, 5) is 12.0. The molecule has 2 aromatic carbocycles. The average molecular weight is 350 g/mol. The van der Waals surface area contributed by atoms with E-state index in [0.29, 0.717) is 18.6 Å². The second kappa shape index (κ2) is 10.9. The van der Waals surface area contributed by atoms with E-state index in [-0.39, 0.29) is 0 Å². The van der Waals surface area contributed by atoms with Crippen LogP contribution in [0.4, 0.5) is 0 Å². The lowest BCUT2D eigenvalue weighted by atomic mass is 10.0. The number of rotatable bonds is 12. The van der Waals surface area contributed by atoms with Crippen molar-refractivity contribution >= 4 is 5.78 Å². The molecule has 0 N–H and O–H groups in total. The molecule has 0 saturated carbocycles. The van der Waals surface area contributed by atoms with Crippen LogP contribution in [0.1, 0.15) is 36.8 Å². The molecule has 2 rings (SSSR count). The Balaban J connectivity index is 1.62. The quantitative estimate of drug-likeness (QED) is 0.464.